The van der Waals surface area contributed by atoms with Gasteiger partial charge in [0.1, 0.15) is 0 Å². The smallest absolute Gasteiger partial charge is 0.296 e. The van der Waals surface area contributed by atoms with Gasteiger partial charge in [-0.1, -0.05) is 30.3 Å². The molecule has 13 nitrogen and oxygen atoms in total. The van der Waals surface area contributed by atoms with Gasteiger partial charge in [0.05, 0.1) is 54.5 Å². The van der Waals surface area contributed by atoms with Gasteiger partial charge in [0.2, 0.25) is 20.0 Å². The van der Waals surface area contributed by atoms with Crippen molar-refractivity contribution < 1.29 is 40.2 Å². The van der Waals surface area contributed by atoms with E-state index in [-0.39, 0.29) is 27.5 Å². The first-order valence-electron chi connectivity index (χ1n) is 14.2. The Morgan fingerprint density at radius 1 is 0.696 bits per heavy atom. The molecule has 4 heterocycles. The third kappa shape index (κ3) is 5.51. The summed E-state index contributed by atoms with van der Waals surface area (Å²) in [5.74, 6) is -2.93. The van der Waals surface area contributed by atoms with E-state index in [0.29, 0.717) is 59.0 Å². The number of hydrogen-bond donors (Lipinski definition) is 2. The lowest BCUT2D eigenvalue weighted by atomic mass is 10.0. The predicted octanol–water partition coefficient (Wildman–Crippen LogP) is 1.62. The largest absolute Gasteiger partial charge is 0.318 e. The second-order valence-electron chi connectivity index (χ2n) is 10.8. The molecule has 0 radical (unpaired) electrons. The number of fused-ring (bicyclic) bond motifs is 2. The summed E-state index contributed by atoms with van der Waals surface area (Å²) in [5, 5.41) is 4.79. The first kappa shape index (κ1) is 31.6. The molecule has 3 aromatic carbocycles. The Balaban J connectivity index is 0.000000178. The molecule has 0 aliphatic carbocycles. The highest BCUT2D eigenvalue weighted by Gasteiger charge is 2.40. The number of carbonyl (C=O) groups excluding carboxylic acids is 4. The molecule has 4 aliphatic heterocycles. The van der Waals surface area contributed by atoms with Crippen LogP contribution in [0.4, 0.5) is 11.4 Å². The Morgan fingerprint density at radius 3 is 1.74 bits per heavy atom. The monoisotopic (exact) mass is 682 g/mol. The van der Waals surface area contributed by atoms with Crippen molar-refractivity contribution in [3.05, 3.63) is 83.4 Å². The molecular weight excluding hydrogens is 657 g/mol. The van der Waals surface area contributed by atoms with Crippen molar-refractivity contribution in [3.8, 4) is 0 Å². The Labute approximate surface area is 267 Å². The maximum Gasteiger partial charge on any atom is 0.296 e. The zero-order chi connectivity index (χ0) is 32.8. The van der Waals surface area contributed by atoms with Crippen molar-refractivity contribution in [1.82, 2.24) is 8.61 Å². The zero-order valence-corrected chi connectivity index (χ0v) is 26.4. The summed E-state index contributed by atoms with van der Waals surface area (Å²) >= 11 is 0.308. The van der Waals surface area contributed by atoms with Crippen molar-refractivity contribution >= 4 is 70.9 Å². The highest BCUT2D eigenvalue weighted by atomic mass is 32.2. The molecule has 4 aliphatic rings. The van der Waals surface area contributed by atoms with Crippen LogP contribution in [-0.4, -0.2) is 83.6 Å². The van der Waals surface area contributed by atoms with Gasteiger partial charge >= 0.3 is 0 Å². The first-order chi connectivity index (χ1) is 21.9. The zero-order valence-electron chi connectivity index (χ0n) is 24.0. The molecule has 16 heteroatoms. The number of benzene rings is 3. The molecular formula is C30H26N4O9S3. The number of sulfonamides is 2. The van der Waals surface area contributed by atoms with Gasteiger partial charge in [-0.3, -0.25) is 19.2 Å². The second-order valence-corrected chi connectivity index (χ2v) is 15.3. The summed E-state index contributed by atoms with van der Waals surface area (Å²) in [6, 6.07) is 16.6. The average molecular weight is 683 g/mol. The molecule has 2 fully saturated rings. The van der Waals surface area contributed by atoms with Crippen LogP contribution in [0.5, 0.6) is 0 Å². The normalized spacial score (nSPS) is 19.3. The van der Waals surface area contributed by atoms with Crippen LogP contribution in [0.1, 0.15) is 45.5 Å². The summed E-state index contributed by atoms with van der Waals surface area (Å²) < 4.78 is 65.3. The number of ketones is 2. The van der Waals surface area contributed by atoms with Crippen LogP contribution in [0.25, 0.3) is 0 Å². The quantitative estimate of drug-likeness (QED) is 0.222. The molecule has 0 saturated carbocycles. The van der Waals surface area contributed by atoms with Crippen LogP contribution >= 0.6 is 0 Å². The molecule has 238 valence electrons. The van der Waals surface area contributed by atoms with Crippen LogP contribution in [0.3, 0.4) is 0 Å². The maximum atomic E-state index is 13.3. The molecule has 1 atom stereocenters. The lowest BCUT2D eigenvalue weighted by Gasteiger charge is -2.29. The molecule has 3 aromatic rings. The fourth-order valence-electron chi connectivity index (χ4n) is 5.56. The minimum atomic E-state index is -3.94. The molecule has 1 unspecified atom stereocenters. The second kappa shape index (κ2) is 12.1. The molecule has 2 saturated heterocycles. The van der Waals surface area contributed by atoms with Gasteiger partial charge in [-0.2, -0.15) is 8.61 Å². The van der Waals surface area contributed by atoms with Gasteiger partial charge in [0.25, 0.3) is 23.4 Å². The summed E-state index contributed by atoms with van der Waals surface area (Å²) in [7, 11) is -7.47. The number of carbonyl (C=O) groups is 4. The molecule has 7 rings (SSSR count). The fraction of sp³-hybridized carbons (Fsp3) is 0.233. The Bertz CT molecular complexity index is 2090. The summed E-state index contributed by atoms with van der Waals surface area (Å²) in [4.78, 5) is 46.6. The minimum Gasteiger partial charge on any atom is -0.318 e. The fourth-order valence-corrected chi connectivity index (χ4v) is 9.46. The number of nitrogens with zero attached hydrogens (tertiary/aromatic N) is 2. The summed E-state index contributed by atoms with van der Waals surface area (Å²) in [6.07, 6.45) is 2.02. The van der Waals surface area contributed by atoms with E-state index in [0.717, 1.165) is 6.42 Å². The van der Waals surface area contributed by atoms with Gasteiger partial charge in [-0.25, -0.2) is 21.0 Å². The number of amides is 2. The van der Waals surface area contributed by atoms with Crippen molar-refractivity contribution in [2.45, 2.75) is 35.1 Å². The Kier molecular flexibility index (Phi) is 8.32. The maximum absolute atomic E-state index is 13.3. The van der Waals surface area contributed by atoms with E-state index in [1.165, 1.54) is 45.0 Å². The average Bonchev–Trinajstić information content (AvgIpc) is 3.69. The minimum absolute atomic E-state index is 0.0484. The van der Waals surface area contributed by atoms with Crippen molar-refractivity contribution in [2.75, 3.05) is 30.3 Å². The van der Waals surface area contributed by atoms with Crippen LogP contribution in [-0.2, 0) is 40.9 Å². The van der Waals surface area contributed by atoms with Crippen molar-refractivity contribution in [2.24, 2.45) is 0 Å². The van der Waals surface area contributed by atoms with E-state index in [1.54, 1.807) is 24.3 Å². The van der Waals surface area contributed by atoms with Gasteiger partial charge in [0.15, 0.2) is 0 Å². The number of nitrogens with one attached hydrogen (secondary N) is 2. The highest BCUT2D eigenvalue weighted by Crippen LogP contribution is 2.32. The third-order valence-electron chi connectivity index (χ3n) is 8.09. The number of rotatable bonds is 6. The lowest BCUT2D eigenvalue weighted by Crippen LogP contribution is -2.41. The van der Waals surface area contributed by atoms with Crippen molar-refractivity contribution in [3.63, 3.8) is 0 Å². The lowest BCUT2D eigenvalue weighted by molar-refractivity contribution is -0.112. The van der Waals surface area contributed by atoms with Gasteiger partial charge in [-0.05, 0) is 61.2 Å². The predicted molar refractivity (Wildman–Crippen MR) is 168 cm³/mol. The Hall–Kier alpha value is -4.35. The number of Topliss-reactive ketones (excluding diaryl/α,β-unsaturated/α-hetero) is 2. The van der Waals surface area contributed by atoms with Crippen LogP contribution in [0, 0.1) is 0 Å². The van der Waals surface area contributed by atoms with Gasteiger partial charge in [0, 0.05) is 19.6 Å². The van der Waals surface area contributed by atoms with E-state index >= 15 is 0 Å². The van der Waals surface area contributed by atoms with Crippen LogP contribution < -0.4 is 10.6 Å². The number of hydrogen-bond acceptors (Lipinski definition) is 9. The van der Waals surface area contributed by atoms with E-state index in [4.69, 9.17) is 0 Å². The van der Waals surface area contributed by atoms with E-state index in [1.807, 2.05) is 6.07 Å². The number of anilines is 2. The summed E-state index contributed by atoms with van der Waals surface area (Å²) in [6.45, 7) is 1.29. The van der Waals surface area contributed by atoms with E-state index in [9.17, 15) is 40.2 Å². The standard InChI is InChI=1S/C19H16N2O5S2.C11H10N2O4S/c22-17-14-11-13(8-9-15(14)20-19(17)23)28(25,26)21-10-4-7-16(21)18(27-24)12-5-2-1-3-6-12;14-10-8-6-7(2-3-9(8)12-11(10)15)18(16,17)13-4-1-5-13/h1-3,5-6,8-9,11,16H,4,7,10H2,(H,20,22,23);2-3,6H,1,4-5H2,(H,12,14,15). The Morgan fingerprint density at radius 2 is 1.24 bits per heavy atom. The highest BCUT2D eigenvalue weighted by molar-refractivity contribution is 7.89. The van der Waals surface area contributed by atoms with Gasteiger partial charge < -0.3 is 10.6 Å². The van der Waals surface area contributed by atoms with E-state index < -0.39 is 49.5 Å². The summed E-state index contributed by atoms with van der Waals surface area (Å²) in [5.41, 5.74) is 1.55. The topological polar surface area (TPSA) is 184 Å². The van der Waals surface area contributed by atoms with Crippen LogP contribution in [0.2, 0.25) is 0 Å². The first-order valence-corrected chi connectivity index (χ1v) is 17.8. The van der Waals surface area contributed by atoms with Gasteiger partial charge in [-0.15, -0.1) is 0 Å². The molecule has 2 amide bonds. The SMILES string of the molecule is O=C1Nc2ccc(S(=O)(=O)N3CCC3)cc2C1=O.O=S=C(c1ccccc1)C1CCCN1S(=O)(=O)c1ccc2c(c1)C(=O)C(=O)N2. The molecule has 46 heavy (non-hydrogen) atoms. The molecule has 0 aromatic heterocycles. The van der Waals surface area contributed by atoms with E-state index in [2.05, 4.69) is 10.6 Å². The van der Waals surface area contributed by atoms with Crippen molar-refractivity contribution in [1.29, 1.82) is 0 Å². The molecule has 2 N–H and O–H groups in total. The molecule has 0 spiro atoms. The van der Waals surface area contributed by atoms with Crippen LogP contribution in [0.15, 0.2) is 76.5 Å². The third-order valence-corrected chi connectivity index (χ3v) is 12.6. The molecule has 0 bridgehead atoms.